The Morgan fingerprint density at radius 1 is 0.375 bits per heavy atom. The van der Waals surface area contributed by atoms with E-state index in [1.54, 1.807) is 54.9 Å². The van der Waals surface area contributed by atoms with Gasteiger partial charge in [-0.2, -0.15) is 0 Å². The molecule has 8 rings (SSSR count). The Balaban J connectivity index is 0.000000331. The summed E-state index contributed by atoms with van der Waals surface area (Å²) in [4.78, 5) is 5.53. The van der Waals surface area contributed by atoms with Crippen molar-refractivity contribution < 1.29 is 4.11 Å². The fraction of sp³-hybridized carbons (Fsp3) is 0.562. The fourth-order valence-electron chi connectivity index (χ4n) is 9.35. The Morgan fingerprint density at radius 2 is 0.863 bits per heavy atom. The largest absolute Gasteiger partial charge is 0.148 e. The minimum absolute atomic E-state index is 0.0220. The molecule has 0 spiro atoms. The van der Waals surface area contributed by atoms with Gasteiger partial charge in [0.25, 0.3) is 0 Å². The Bertz CT molecular complexity index is 3090. The summed E-state index contributed by atoms with van der Waals surface area (Å²) in [6, 6.07) is 11.6. The molecule has 7 heteroatoms. The van der Waals surface area contributed by atoms with Crippen LogP contribution in [-0.2, 0) is 37.9 Å². The van der Waals surface area contributed by atoms with E-state index in [1.807, 2.05) is 25.2 Å². The summed E-state index contributed by atoms with van der Waals surface area (Å²) in [7, 11) is 0. The van der Waals surface area contributed by atoms with Crippen LogP contribution >= 0.6 is 34.0 Å². The summed E-state index contributed by atoms with van der Waals surface area (Å²) in [5.74, 6) is 0. The molecule has 446 valence electrons. The number of hydrogen-bond acceptors (Lipinski definition) is 3. The Labute approximate surface area is 549 Å². The van der Waals surface area contributed by atoms with Crippen molar-refractivity contribution in [3.63, 3.8) is 0 Å². The molecule has 0 amide bonds. The van der Waals surface area contributed by atoms with E-state index in [-0.39, 0.29) is 92.6 Å². The second-order valence-electron chi connectivity index (χ2n) is 29.1. The van der Waals surface area contributed by atoms with Gasteiger partial charge in [0.2, 0.25) is 0 Å². The van der Waals surface area contributed by atoms with Crippen LogP contribution in [0.3, 0.4) is 0 Å². The first-order valence-electron chi connectivity index (χ1n) is 30.2. The van der Waals surface area contributed by atoms with E-state index >= 15 is 0 Å². The second-order valence-corrected chi connectivity index (χ2v) is 43.6. The Morgan fingerprint density at radius 3 is 1.11 bits per heavy atom. The standard InChI is InChI=1S/C13H16Te.C11H18S.C11H18Te.C10H16S.C10H16Te.C9H14S.C9H14Te/c1-9-10-7-5-6-8-11(10)14-12(9)13(2,3)4;2*1-7-8(2)10(11(4,5)6)12-9(7)3;2*1-7-6-11-9(8(7)2)10(3,4)5;2*1-7-5-6-10-8(7)9(2,3)4/h5-8H,1-4H3;2*1-6H3;2*6H,1-5H3;2*5-6H,1-4H3/i;;;6D;;5D,6D;. The van der Waals surface area contributed by atoms with Crippen LogP contribution in [-0.4, -0.2) is 81.7 Å². The molecule has 0 aliphatic rings. The summed E-state index contributed by atoms with van der Waals surface area (Å²) < 4.78 is 37.8. The van der Waals surface area contributed by atoms with E-state index in [0.717, 1.165) is 21.4 Å². The maximum Gasteiger partial charge on any atom is 0.0742 e. The second kappa shape index (κ2) is 30.5. The molecule has 0 N–H and O–H groups in total. The van der Waals surface area contributed by atoms with E-state index in [4.69, 9.17) is 4.11 Å². The number of rotatable bonds is 0. The number of thiophene rings is 3. The third-order valence-corrected chi connectivity index (χ3v) is 37.2. The molecule has 0 unspecified atom stereocenters. The molecule has 0 nitrogen and oxygen atoms in total. The summed E-state index contributed by atoms with van der Waals surface area (Å²) in [5.41, 5.74) is 17.9. The van der Waals surface area contributed by atoms with Crippen LogP contribution < -0.4 is 0 Å². The Kier molecular flexibility index (Phi) is 26.9. The van der Waals surface area contributed by atoms with Gasteiger partial charge in [-0.05, 0) is 102 Å². The van der Waals surface area contributed by atoms with E-state index < -0.39 is 0 Å². The molecule has 1 aromatic carbocycles. The summed E-state index contributed by atoms with van der Waals surface area (Å²) >= 11 is 5.06. The van der Waals surface area contributed by atoms with Crippen molar-refractivity contribution in [1.29, 1.82) is 0 Å². The van der Waals surface area contributed by atoms with Gasteiger partial charge in [0.15, 0.2) is 0 Å². The van der Waals surface area contributed by atoms with Gasteiger partial charge < -0.3 is 0 Å². The van der Waals surface area contributed by atoms with Crippen molar-refractivity contribution in [2.45, 2.75) is 273 Å². The van der Waals surface area contributed by atoms with Gasteiger partial charge in [-0.3, -0.25) is 0 Å². The molecule has 0 fully saturated rings. The number of hydrogen-bond donors (Lipinski definition) is 0. The van der Waals surface area contributed by atoms with Gasteiger partial charge in [0.1, 0.15) is 0 Å². The topological polar surface area (TPSA) is 0 Å². The SMILES string of the molecule is Cc1[te]c(C(C)(C)C)c(C)c1C.Cc1c(C(C)(C)C)[te]c2ccccc12.Cc1c[te]c(C(C)(C)C)c1C.Cc1cc[te]c1C(C)(C)C.Cc1sc(C(C)(C)C)c(C)c1C.[2H]c1sc(C(C)(C)C)c(C)c1C.[2H]c1sc(C(C)(C)C)c(C)c1[2H]. The van der Waals surface area contributed by atoms with Gasteiger partial charge in [-0.25, -0.2) is 0 Å². The molecular formula is C73H112S3Te4. The van der Waals surface area contributed by atoms with Crippen LogP contribution in [0.1, 0.15) is 248 Å². The quantitative estimate of drug-likeness (QED) is 0.133. The molecular weight excluding hydrogens is 1480 g/mol. The summed E-state index contributed by atoms with van der Waals surface area (Å²) in [6.45, 7) is 76.3. The van der Waals surface area contributed by atoms with Gasteiger partial charge in [0, 0.05) is 19.5 Å². The van der Waals surface area contributed by atoms with Crippen LogP contribution in [0.5, 0.6) is 0 Å². The average Bonchev–Trinajstić information content (AvgIpc) is 4.36. The Hall–Kier alpha value is -0.342. The fourth-order valence-corrected chi connectivity index (χ4v) is 25.7. The molecule has 8 aromatic rings. The van der Waals surface area contributed by atoms with E-state index in [2.05, 4.69) is 260 Å². The molecule has 0 aliphatic carbocycles. The maximum absolute atomic E-state index is 7.68. The monoisotopic (exact) mass is 1610 g/mol. The van der Waals surface area contributed by atoms with Crippen LogP contribution in [0.2, 0.25) is 0 Å². The van der Waals surface area contributed by atoms with E-state index in [1.165, 1.54) is 59.2 Å². The molecule has 0 radical (unpaired) electrons. The van der Waals surface area contributed by atoms with Crippen LogP contribution in [0.15, 0.2) is 55.3 Å². The van der Waals surface area contributed by atoms with Gasteiger partial charge in [-0.1, -0.05) is 62.3 Å². The third kappa shape index (κ3) is 22.4. The number of aryl methyl sites for hydroxylation is 5. The van der Waals surface area contributed by atoms with Crippen LogP contribution in [0.25, 0.3) is 8.79 Å². The zero-order valence-electron chi connectivity index (χ0n) is 59.9. The minimum Gasteiger partial charge on any atom is -0.148 e. The van der Waals surface area contributed by atoms with Crippen molar-refractivity contribution in [2.24, 2.45) is 0 Å². The van der Waals surface area contributed by atoms with Crippen molar-refractivity contribution >= 4 is 125 Å². The van der Waals surface area contributed by atoms with Crippen LogP contribution in [0, 0.1) is 90.0 Å². The normalized spacial score (nSPS) is 12.7. The molecule has 0 saturated carbocycles. The first-order chi connectivity index (χ1) is 37.3. The predicted molar refractivity (Wildman–Crippen MR) is 376 cm³/mol. The van der Waals surface area contributed by atoms with Crippen molar-refractivity contribution in [1.82, 2.24) is 0 Å². The zero-order chi connectivity index (χ0) is 64.8. The smallest absolute Gasteiger partial charge is 0.0742 e. The van der Waals surface area contributed by atoms with Crippen LogP contribution in [0.4, 0.5) is 0 Å². The maximum atomic E-state index is 7.68. The third-order valence-electron chi connectivity index (χ3n) is 14.1. The molecule has 0 saturated heterocycles. The molecule has 0 aliphatic heterocycles. The van der Waals surface area contributed by atoms with Gasteiger partial charge in [0.05, 0.1) is 4.11 Å². The molecule has 80 heavy (non-hydrogen) atoms. The van der Waals surface area contributed by atoms with Gasteiger partial charge in [-0.15, -0.1) is 34.0 Å². The number of fused-ring (bicyclic) bond motifs is 1. The summed E-state index contributed by atoms with van der Waals surface area (Å²) in [6.07, 6.45) is 0. The van der Waals surface area contributed by atoms with E-state index in [0.29, 0.717) is 38.5 Å². The molecule has 7 heterocycles. The summed E-state index contributed by atoms with van der Waals surface area (Å²) in [5, 5.41) is 2.62. The zero-order valence-corrected chi connectivity index (χ0v) is 68.7. The van der Waals surface area contributed by atoms with Crippen molar-refractivity contribution in [3.8, 4) is 0 Å². The minimum atomic E-state index is -0.0826. The van der Waals surface area contributed by atoms with Crippen molar-refractivity contribution in [2.75, 3.05) is 0 Å². The van der Waals surface area contributed by atoms with Gasteiger partial charge >= 0.3 is 333 Å². The predicted octanol–water partition coefficient (Wildman–Crippen LogP) is 22.5. The first-order valence-corrected chi connectivity index (χ1v) is 40.8. The average molecular weight is 1600 g/mol. The number of benzene rings is 1. The first kappa shape index (κ1) is 70.4. The van der Waals surface area contributed by atoms with E-state index in [9.17, 15) is 0 Å². The molecule has 7 aromatic heterocycles. The van der Waals surface area contributed by atoms with Crippen molar-refractivity contribution in [3.05, 3.63) is 154 Å². The molecule has 0 atom stereocenters. The molecule has 0 bridgehead atoms.